The van der Waals surface area contributed by atoms with Crippen molar-refractivity contribution in [3.05, 3.63) is 108 Å². The average Bonchev–Trinajstić information content (AvgIpc) is 3.31. The van der Waals surface area contributed by atoms with Crippen LogP contribution in [0.4, 0.5) is 4.39 Å². The second-order valence-electron chi connectivity index (χ2n) is 6.80. The summed E-state index contributed by atoms with van der Waals surface area (Å²) in [5.74, 6) is 0.276. The predicted octanol–water partition coefficient (Wildman–Crippen LogP) is 5.21. The van der Waals surface area contributed by atoms with Crippen molar-refractivity contribution in [2.45, 2.75) is 13.2 Å². The van der Waals surface area contributed by atoms with E-state index >= 15 is 0 Å². The Morgan fingerprint density at radius 3 is 2.44 bits per heavy atom. The molecule has 32 heavy (non-hydrogen) atoms. The van der Waals surface area contributed by atoms with Gasteiger partial charge in [0.1, 0.15) is 18.2 Å². The van der Waals surface area contributed by atoms with E-state index in [0.717, 1.165) is 16.9 Å². The Morgan fingerprint density at radius 1 is 0.938 bits per heavy atom. The summed E-state index contributed by atoms with van der Waals surface area (Å²) in [6.45, 7) is 0.324. The summed E-state index contributed by atoms with van der Waals surface area (Å²) in [5.41, 5.74) is 2.51. The topological polar surface area (TPSA) is 74.5 Å². The number of nitrogens with zero attached hydrogens (tertiary/aromatic N) is 2. The lowest BCUT2D eigenvalue weighted by atomic mass is 10.2. The molecule has 0 fully saturated rings. The zero-order valence-electron chi connectivity index (χ0n) is 17.0. The zero-order valence-corrected chi connectivity index (χ0v) is 17.0. The Balaban J connectivity index is 1.25. The monoisotopic (exact) mass is 430 g/mol. The molecule has 0 spiro atoms. The van der Waals surface area contributed by atoms with Gasteiger partial charge in [0, 0.05) is 11.6 Å². The van der Waals surface area contributed by atoms with Crippen LogP contribution in [0.15, 0.2) is 89.5 Å². The van der Waals surface area contributed by atoms with Gasteiger partial charge in [0.2, 0.25) is 5.82 Å². The van der Waals surface area contributed by atoms with Crippen molar-refractivity contribution in [2.75, 3.05) is 0 Å². The molecule has 0 atom stereocenters. The van der Waals surface area contributed by atoms with Crippen molar-refractivity contribution < 1.29 is 23.2 Å². The molecule has 0 amide bonds. The first kappa shape index (κ1) is 21.0. The molecule has 0 unspecified atom stereocenters. The number of carbonyl (C=O) groups is 1. The minimum absolute atomic E-state index is 0.144. The van der Waals surface area contributed by atoms with Crippen molar-refractivity contribution in [2.24, 2.45) is 0 Å². The Kier molecular flexibility index (Phi) is 6.67. The summed E-state index contributed by atoms with van der Waals surface area (Å²) in [4.78, 5) is 16.1. The molecule has 1 aromatic heterocycles. The highest BCUT2D eigenvalue weighted by Crippen LogP contribution is 2.17. The first-order chi connectivity index (χ1) is 15.7. The summed E-state index contributed by atoms with van der Waals surface area (Å²) in [7, 11) is 0. The SMILES string of the molecule is O=C(C=Cc1ccc(OCc2ccccc2)cc1)OCc1nc(-c2ccc(F)cc2)no1. The molecule has 160 valence electrons. The highest BCUT2D eigenvalue weighted by molar-refractivity contribution is 5.87. The first-order valence-electron chi connectivity index (χ1n) is 9.86. The van der Waals surface area contributed by atoms with Crippen LogP contribution in [0.5, 0.6) is 5.75 Å². The van der Waals surface area contributed by atoms with Crippen LogP contribution < -0.4 is 4.74 Å². The van der Waals surface area contributed by atoms with Crippen molar-refractivity contribution >= 4 is 12.0 Å². The standard InChI is InChI=1S/C25H19FN2O4/c26-21-11-9-20(10-12-21)25-27-23(32-28-25)17-31-24(29)15-8-18-6-13-22(14-7-18)30-16-19-4-2-1-3-5-19/h1-15H,16-17H2. The molecule has 0 aliphatic rings. The van der Waals surface area contributed by atoms with Crippen molar-refractivity contribution in [3.8, 4) is 17.1 Å². The summed E-state index contributed by atoms with van der Waals surface area (Å²) in [6, 6.07) is 22.9. The van der Waals surface area contributed by atoms with Gasteiger partial charge in [0.15, 0.2) is 6.61 Å². The number of hydrogen-bond donors (Lipinski definition) is 0. The van der Waals surface area contributed by atoms with Crippen LogP contribution in [0.25, 0.3) is 17.5 Å². The second kappa shape index (κ2) is 10.2. The molecule has 0 aliphatic carbocycles. The molecule has 0 N–H and O–H groups in total. The average molecular weight is 430 g/mol. The van der Waals surface area contributed by atoms with Crippen LogP contribution >= 0.6 is 0 Å². The number of ether oxygens (including phenoxy) is 2. The van der Waals surface area contributed by atoms with Gasteiger partial charge in [-0.05, 0) is 53.6 Å². The molecule has 4 rings (SSSR count). The van der Waals surface area contributed by atoms with E-state index in [9.17, 15) is 9.18 Å². The lowest BCUT2D eigenvalue weighted by Crippen LogP contribution is -2.01. The molecule has 7 heteroatoms. The van der Waals surface area contributed by atoms with Crippen LogP contribution in [0.1, 0.15) is 17.0 Å². The number of halogens is 1. The molecule has 4 aromatic rings. The second-order valence-corrected chi connectivity index (χ2v) is 6.80. The van der Waals surface area contributed by atoms with Crippen LogP contribution in [0.2, 0.25) is 0 Å². The van der Waals surface area contributed by atoms with Crippen LogP contribution in [-0.4, -0.2) is 16.1 Å². The third-order valence-electron chi connectivity index (χ3n) is 4.45. The van der Waals surface area contributed by atoms with Gasteiger partial charge in [-0.3, -0.25) is 0 Å². The summed E-state index contributed by atoms with van der Waals surface area (Å²) in [6.07, 6.45) is 2.96. The fraction of sp³-hybridized carbons (Fsp3) is 0.0800. The van der Waals surface area contributed by atoms with Gasteiger partial charge in [-0.1, -0.05) is 47.6 Å². The normalized spacial score (nSPS) is 10.9. The molecule has 3 aromatic carbocycles. The van der Waals surface area contributed by atoms with E-state index in [0.29, 0.717) is 18.0 Å². The molecular formula is C25H19FN2O4. The van der Waals surface area contributed by atoms with E-state index in [4.69, 9.17) is 14.0 Å². The molecule has 0 saturated carbocycles. The molecule has 6 nitrogen and oxygen atoms in total. The summed E-state index contributed by atoms with van der Waals surface area (Å²) >= 11 is 0. The lowest BCUT2D eigenvalue weighted by molar-refractivity contribution is -0.139. The molecule has 1 heterocycles. The van der Waals surface area contributed by atoms with Crippen molar-refractivity contribution in [3.63, 3.8) is 0 Å². The van der Waals surface area contributed by atoms with Crippen LogP contribution in [0, 0.1) is 5.82 Å². The number of esters is 1. The Labute approximate surface area is 183 Å². The molecule has 0 saturated heterocycles. The van der Waals surface area contributed by atoms with Crippen LogP contribution in [-0.2, 0) is 22.7 Å². The maximum atomic E-state index is 13.0. The van der Waals surface area contributed by atoms with Gasteiger partial charge in [-0.15, -0.1) is 0 Å². The number of rotatable bonds is 8. The van der Waals surface area contributed by atoms with E-state index in [1.54, 1.807) is 6.08 Å². The van der Waals surface area contributed by atoms with Crippen LogP contribution in [0.3, 0.4) is 0 Å². The molecule has 0 bridgehead atoms. The first-order valence-corrected chi connectivity index (χ1v) is 9.86. The highest BCUT2D eigenvalue weighted by Gasteiger charge is 2.10. The van der Waals surface area contributed by atoms with E-state index < -0.39 is 5.97 Å². The predicted molar refractivity (Wildman–Crippen MR) is 116 cm³/mol. The van der Waals surface area contributed by atoms with E-state index in [1.165, 1.54) is 30.3 Å². The molecule has 0 aliphatic heterocycles. The highest BCUT2D eigenvalue weighted by atomic mass is 19.1. The Morgan fingerprint density at radius 2 is 1.69 bits per heavy atom. The van der Waals surface area contributed by atoms with Gasteiger partial charge in [-0.25, -0.2) is 9.18 Å². The maximum Gasteiger partial charge on any atom is 0.331 e. The zero-order chi connectivity index (χ0) is 22.2. The Hall–Kier alpha value is -4.26. The maximum absolute atomic E-state index is 13.0. The molecule has 0 radical (unpaired) electrons. The van der Waals surface area contributed by atoms with Gasteiger partial charge in [-0.2, -0.15) is 4.98 Å². The van der Waals surface area contributed by atoms with Crippen molar-refractivity contribution in [1.29, 1.82) is 0 Å². The third-order valence-corrected chi connectivity index (χ3v) is 4.45. The largest absolute Gasteiger partial charge is 0.489 e. The lowest BCUT2D eigenvalue weighted by Gasteiger charge is -2.06. The quantitative estimate of drug-likeness (QED) is 0.282. The Bertz CT molecular complexity index is 1190. The minimum Gasteiger partial charge on any atom is -0.489 e. The number of aromatic nitrogens is 2. The van der Waals surface area contributed by atoms with E-state index in [-0.39, 0.29) is 18.3 Å². The molecular weight excluding hydrogens is 411 g/mol. The number of carbonyl (C=O) groups excluding carboxylic acids is 1. The summed E-state index contributed by atoms with van der Waals surface area (Å²) in [5, 5.41) is 3.80. The van der Waals surface area contributed by atoms with Gasteiger partial charge >= 0.3 is 5.97 Å². The third kappa shape index (κ3) is 5.89. The van der Waals surface area contributed by atoms with Gasteiger partial charge in [0.25, 0.3) is 5.89 Å². The minimum atomic E-state index is -0.545. The van der Waals surface area contributed by atoms with E-state index in [1.807, 2.05) is 54.6 Å². The smallest absolute Gasteiger partial charge is 0.331 e. The fourth-order valence-corrected chi connectivity index (χ4v) is 2.79. The number of hydrogen-bond acceptors (Lipinski definition) is 6. The fourth-order valence-electron chi connectivity index (χ4n) is 2.79. The van der Waals surface area contributed by atoms with Gasteiger partial charge < -0.3 is 14.0 Å². The number of benzene rings is 3. The van der Waals surface area contributed by atoms with Crippen molar-refractivity contribution in [1.82, 2.24) is 10.1 Å². The summed E-state index contributed by atoms with van der Waals surface area (Å²) < 4.78 is 28.9. The van der Waals surface area contributed by atoms with Gasteiger partial charge in [0.05, 0.1) is 0 Å². The van der Waals surface area contributed by atoms with E-state index in [2.05, 4.69) is 10.1 Å².